The van der Waals surface area contributed by atoms with Gasteiger partial charge in [-0.15, -0.1) is 10.2 Å². The molecular formula is C23H24N4O4. The summed E-state index contributed by atoms with van der Waals surface area (Å²) in [5.74, 6) is -1.14. The number of fused-ring (bicyclic) bond motifs is 3. The summed E-state index contributed by atoms with van der Waals surface area (Å²) in [6.45, 7) is 0.851. The van der Waals surface area contributed by atoms with E-state index in [2.05, 4.69) is 27.6 Å². The van der Waals surface area contributed by atoms with Gasteiger partial charge in [-0.25, -0.2) is 9.59 Å². The maximum absolute atomic E-state index is 12.3. The largest absolute Gasteiger partial charge is 0.480 e. The number of unbranched alkanes of at least 4 members (excludes halogenated alkanes) is 1. The number of rotatable bonds is 9. The van der Waals surface area contributed by atoms with E-state index >= 15 is 0 Å². The van der Waals surface area contributed by atoms with Gasteiger partial charge in [0, 0.05) is 12.5 Å². The Morgan fingerprint density at radius 1 is 1.00 bits per heavy atom. The summed E-state index contributed by atoms with van der Waals surface area (Å²) in [6.07, 6.45) is 4.23. The average Bonchev–Trinajstić information content (AvgIpc) is 3.40. The third-order valence-electron chi connectivity index (χ3n) is 5.56. The van der Waals surface area contributed by atoms with Crippen LogP contribution in [0.1, 0.15) is 36.3 Å². The minimum atomic E-state index is -1.07. The second kappa shape index (κ2) is 9.42. The first-order valence-electron chi connectivity index (χ1n) is 10.3. The molecule has 31 heavy (non-hydrogen) atoms. The topological polar surface area (TPSA) is 106 Å². The molecule has 160 valence electrons. The smallest absolute Gasteiger partial charge is 0.407 e. The van der Waals surface area contributed by atoms with Gasteiger partial charge in [0.2, 0.25) is 0 Å². The molecule has 0 radical (unpaired) electrons. The van der Waals surface area contributed by atoms with Crippen molar-refractivity contribution in [3.8, 4) is 11.1 Å². The van der Waals surface area contributed by atoms with Crippen molar-refractivity contribution in [1.29, 1.82) is 0 Å². The van der Waals surface area contributed by atoms with Gasteiger partial charge in [0.1, 0.15) is 25.3 Å². The molecule has 1 aromatic heterocycles. The predicted molar refractivity (Wildman–Crippen MR) is 114 cm³/mol. The molecule has 0 spiro atoms. The molecule has 3 aromatic rings. The van der Waals surface area contributed by atoms with Gasteiger partial charge in [-0.1, -0.05) is 48.5 Å². The van der Waals surface area contributed by atoms with E-state index in [0.29, 0.717) is 19.4 Å². The highest BCUT2D eigenvalue weighted by atomic mass is 16.5. The average molecular weight is 420 g/mol. The Kier molecular flexibility index (Phi) is 6.26. The molecule has 0 bridgehead atoms. The summed E-state index contributed by atoms with van der Waals surface area (Å²) < 4.78 is 7.28. The highest BCUT2D eigenvalue weighted by Gasteiger charge is 2.29. The van der Waals surface area contributed by atoms with Crippen molar-refractivity contribution >= 4 is 12.1 Å². The summed E-state index contributed by atoms with van der Waals surface area (Å²) in [7, 11) is 0. The van der Waals surface area contributed by atoms with Gasteiger partial charge < -0.3 is 19.7 Å². The van der Waals surface area contributed by atoms with Crippen LogP contribution in [-0.2, 0) is 16.1 Å². The normalized spacial score (nSPS) is 13.3. The van der Waals surface area contributed by atoms with E-state index < -0.39 is 18.1 Å². The van der Waals surface area contributed by atoms with E-state index in [0.717, 1.165) is 28.7 Å². The molecule has 0 aliphatic heterocycles. The third-order valence-corrected chi connectivity index (χ3v) is 5.56. The lowest BCUT2D eigenvalue weighted by atomic mass is 9.98. The van der Waals surface area contributed by atoms with Crippen LogP contribution in [0.3, 0.4) is 0 Å². The maximum atomic E-state index is 12.3. The second-order valence-corrected chi connectivity index (χ2v) is 7.56. The minimum absolute atomic E-state index is 0.0646. The fraction of sp³-hybridized carbons (Fsp3) is 0.304. The van der Waals surface area contributed by atoms with Crippen LogP contribution < -0.4 is 5.32 Å². The number of alkyl carbamates (subject to hydrolysis) is 1. The fourth-order valence-electron chi connectivity index (χ4n) is 4.02. The molecule has 1 amide bonds. The minimum Gasteiger partial charge on any atom is -0.480 e. The lowest BCUT2D eigenvalue weighted by molar-refractivity contribution is -0.139. The number of carbonyl (C=O) groups is 2. The lowest BCUT2D eigenvalue weighted by Gasteiger charge is -2.17. The van der Waals surface area contributed by atoms with Crippen LogP contribution in [0.2, 0.25) is 0 Å². The summed E-state index contributed by atoms with van der Waals surface area (Å²) in [6, 6.07) is 15.1. The number of carbonyl (C=O) groups excluding carboxylic acids is 1. The molecule has 1 aliphatic carbocycles. The number of ether oxygens (including phenoxy) is 1. The molecule has 0 saturated heterocycles. The van der Waals surface area contributed by atoms with Gasteiger partial charge in [0.15, 0.2) is 0 Å². The van der Waals surface area contributed by atoms with E-state index in [9.17, 15) is 14.7 Å². The van der Waals surface area contributed by atoms with Gasteiger partial charge in [-0.2, -0.15) is 0 Å². The van der Waals surface area contributed by atoms with Crippen LogP contribution in [0.5, 0.6) is 0 Å². The fourth-order valence-corrected chi connectivity index (χ4v) is 4.02. The number of aliphatic carboxylic acids is 1. The van der Waals surface area contributed by atoms with Crippen molar-refractivity contribution in [3.05, 3.63) is 72.3 Å². The van der Waals surface area contributed by atoms with E-state index in [-0.39, 0.29) is 12.5 Å². The Hall–Kier alpha value is -3.68. The van der Waals surface area contributed by atoms with Crippen molar-refractivity contribution < 1.29 is 19.4 Å². The zero-order chi connectivity index (χ0) is 21.6. The van der Waals surface area contributed by atoms with Gasteiger partial charge >= 0.3 is 12.1 Å². The number of benzene rings is 2. The first kappa shape index (κ1) is 20.6. The van der Waals surface area contributed by atoms with Crippen molar-refractivity contribution in [2.75, 3.05) is 6.61 Å². The van der Waals surface area contributed by atoms with Crippen LogP contribution >= 0.6 is 0 Å². The number of aryl methyl sites for hydroxylation is 1. The Morgan fingerprint density at radius 2 is 1.61 bits per heavy atom. The highest BCUT2D eigenvalue weighted by Crippen LogP contribution is 2.44. The second-order valence-electron chi connectivity index (χ2n) is 7.56. The molecule has 8 heteroatoms. The van der Waals surface area contributed by atoms with Crippen molar-refractivity contribution in [2.45, 2.75) is 37.8 Å². The Balaban J connectivity index is 1.31. The third kappa shape index (κ3) is 4.74. The Bertz CT molecular complexity index is 1010. The van der Waals surface area contributed by atoms with E-state index in [4.69, 9.17) is 4.74 Å². The highest BCUT2D eigenvalue weighted by molar-refractivity contribution is 5.81. The number of nitrogens with one attached hydrogen (secondary N) is 1. The molecule has 2 N–H and O–H groups in total. The molecule has 1 heterocycles. The van der Waals surface area contributed by atoms with Crippen LogP contribution in [0, 0.1) is 0 Å². The lowest BCUT2D eigenvalue weighted by Crippen LogP contribution is -2.41. The molecule has 0 fully saturated rings. The summed E-state index contributed by atoms with van der Waals surface area (Å²) in [5, 5.41) is 19.4. The summed E-state index contributed by atoms with van der Waals surface area (Å²) in [5.41, 5.74) is 4.51. The van der Waals surface area contributed by atoms with Crippen molar-refractivity contribution in [2.24, 2.45) is 0 Å². The van der Waals surface area contributed by atoms with Crippen LogP contribution in [0.4, 0.5) is 4.79 Å². The van der Waals surface area contributed by atoms with Gasteiger partial charge in [-0.05, 0) is 41.5 Å². The SMILES string of the molecule is O=C(NC(CCCCn1cnnc1)C(=O)O)OCC1c2ccccc2-c2ccccc21. The van der Waals surface area contributed by atoms with Gasteiger partial charge in [0.25, 0.3) is 0 Å². The molecule has 0 saturated carbocycles. The number of carboxylic acid groups (broad SMARTS) is 1. The molecule has 1 unspecified atom stereocenters. The van der Waals surface area contributed by atoms with Crippen molar-refractivity contribution in [3.63, 3.8) is 0 Å². The maximum Gasteiger partial charge on any atom is 0.407 e. The van der Waals surface area contributed by atoms with E-state index in [1.165, 1.54) is 0 Å². The molecule has 4 rings (SSSR count). The van der Waals surface area contributed by atoms with Crippen LogP contribution in [0.25, 0.3) is 11.1 Å². The van der Waals surface area contributed by atoms with Gasteiger partial charge in [0.05, 0.1) is 0 Å². The first-order valence-corrected chi connectivity index (χ1v) is 10.3. The van der Waals surface area contributed by atoms with E-state index in [1.807, 2.05) is 41.0 Å². The monoisotopic (exact) mass is 420 g/mol. The number of carboxylic acids is 1. The molecule has 1 atom stereocenters. The van der Waals surface area contributed by atoms with Crippen LogP contribution in [0.15, 0.2) is 61.2 Å². The van der Waals surface area contributed by atoms with Crippen LogP contribution in [-0.4, -0.2) is 44.6 Å². The standard InChI is InChI=1S/C23H24N4O4/c28-22(29)21(11-5-6-12-27-14-24-25-15-27)26-23(30)31-13-20-18-9-3-1-7-16(18)17-8-2-4-10-19(17)20/h1-4,7-10,14-15,20-21H,5-6,11-13H2,(H,26,30)(H,28,29). The Morgan fingerprint density at radius 3 is 2.23 bits per heavy atom. The predicted octanol–water partition coefficient (Wildman–Crippen LogP) is 3.44. The molecule has 8 nitrogen and oxygen atoms in total. The summed E-state index contributed by atoms with van der Waals surface area (Å²) >= 11 is 0. The quantitative estimate of drug-likeness (QED) is 0.514. The van der Waals surface area contributed by atoms with Crippen molar-refractivity contribution in [1.82, 2.24) is 20.1 Å². The Labute approximate surface area is 179 Å². The zero-order valence-electron chi connectivity index (χ0n) is 17.0. The number of aromatic nitrogens is 3. The number of hydrogen-bond donors (Lipinski definition) is 2. The van der Waals surface area contributed by atoms with Gasteiger partial charge in [-0.3, -0.25) is 0 Å². The zero-order valence-corrected chi connectivity index (χ0v) is 17.0. The number of amides is 1. The first-order chi connectivity index (χ1) is 15.1. The number of hydrogen-bond acceptors (Lipinski definition) is 5. The molecule has 2 aromatic carbocycles. The number of nitrogens with zero attached hydrogens (tertiary/aromatic N) is 3. The van der Waals surface area contributed by atoms with E-state index in [1.54, 1.807) is 12.7 Å². The molecular weight excluding hydrogens is 396 g/mol. The summed E-state index contributed by atoms with van der Waals surface area (Å²) in [4.78, 5) is 23.9. The molecule has 1 aliphatic rings.